The molecule has 0 saturated carbocycles. The first-order valence-electron chi connectivity index (χ1n) is 16.1. The minimum absolute atomic E-state index is 0.446. The van der Waals surface area contributed by atoms with Crippen LogP contribution in [0, 0.1) is 0 Å². The summed E-state index contributed by atoms with van der Waals surface area (Å²) in [6.07, 6.45) is 13.8. The van der Waals surface area contributed by atoms with Gasteiger partial charge >= 0.3 is 0 Å². The summed E-state index contributed by atoms with van der Waals surface area (Å²) >= 11 is 0. The van der Waals surface area contributed by atoms with Gasteiger partial charge in [-0.15, -0.1) is 0 Å². The summed E-state index contributed by atoms with van der Waals surface area (Å²) < 4.78 is 0. The maximum atomic E-state index is 3.85. The molecule has 0 aromatic heterocycles. The second kappa shape index (κ2) is 10.7. The number of dihydropyridines is 2. The Balaban J connectivity index is 1.33. The van der Waals surface area contributed by atoms with E-state index in [1.54, 1.807) is 0 Å². The smallest absolute Gasteiger partial charge is 0.0728 e. The van der Waals surface area contributed by atoms with E-state index in [1.807, 2.05) is 0 Å². The lowest BCUT2D eigenvalue weighted by Gasteiger charge is -2.36. The van der Waals surface area contributed by atoms with Crippen molar-refractivity contribution < 1.29 is 0 Å². The summed E-state index contributed by atoms with van der Waals surface area (Å²) in [4.78, 5) is 2.46. The second-order valence-corrected chi connectivity index (χ2v) is 12.1. The molecule has 3 heterocycles. The fraction of sp³-hybridized carbons (Fsp3) is 0.0698. The molecule has 0 saturated heterocycles. The molecule has 0 unspecified atom stereocenters. The summed E-state index contributed by atoms with van der Waals surface area (Å²) in [5, 5.41) is 7.46. The normalized spacial score (nSPS) is 17.0. The fourth-order valence-corrected chi connectivity index (χ4v) is 7.81. The third-order valence-electron chi connectivity index (χ3n) is 9.73. The van der Waals surface area contributed by atoms with E-state index in [4.69, 9.17) is 0 Å². The Morgan fingerprint density at radius 2 is 1.28 bits per heavy atom. The second-order valence-electron chi connectivity index (χ2n) is 12.1. The van der Waals surface area contributed by atoms with Crippen molar-refractivity contribution in [2.24, 2.45) is 0 Å². The van der Waals surface area contributed by atoms with Gasteiger partial charge in [0.1, 0.15) is 0 Å². The van der Waals surface area contributed by atoms with E-state index in [-0.39, 0.29) is 0 Å². The molecule has 3 heteroatoms. The van der Waals surface area contributed by atoms with Crippen LogP contribution in [0.15, 0.2) is 163 Å². The number of fused-ring (bicyclic) bond motifs is 5. The van der Waals surface area contributed by atoms with Gasteiger partial charge in [-0.1, -0.05) is 140 Å². The average molecular weight is 592 g/mol. The van der Waals surface area contributed by atoms with Crippen LogP contribution >= 0.6 is 0 Å². The van der Waals surface area contributed by atoms with Crippen molar-refractivity contribution in [2.45, 2.75) is 5.41 Å². The predicted molar refractivity (Wildman–Crippen MR) is 191 cm³/mol. The lowest BCUT2D eigenvalue weighted by molar-refractivity contribution is 0.755. The Hall–Kier alpha value is -5.80. The molecule has 0 spiro atoms. The molecular weight excluding hydrogens is 558 g/mol. The van der Waals surface area contributed by atoms with Gasteiger partial charge in [0.2, 0.25) is 0 Å². The Morgan fingerprint density at radius 1 is 0.587 bits per heavy atom. The number of rotatable bonds is 4. The number of nitrogens with zero attached hydrogens (tertiary/aromatic N) is 1. The highest BCUT2D eigenvalue weighted by Gasteiger charge is 2.49. The molecule has 0 bridgehead atoms. The van der Waals surface area contributed by atoms with Crippen LogP contribution in [0.1, 0.15) is 38.9 Å². The van der Waals surface area contributed by atoms with Crippen LogP contribution in [-0.2, 0) is 5.41 Å². The van der Waals surface area contributed by atoms with Crippen molar-refractivity contribution in [3.8, 4) is 0 Å². The summed E-state index contributed by atoms with van der Waals surface area (Å²) in [5.41, 5.74) is 15.5. The van der Waals surface area contributed by atoms with Crippen molar-refractivity contribution in [1.82, 2.24) is 10.6 Å². The minimum atomic E-state index is -0.446. The molecule has 46 heavy (non-hydrogen) atoms. The Bertz CT molecular complexity index is 2090. The van der Waals surface area contributed by atoms with Gasteiger partial charge < -0.3 is 15.5 Å². The highest BCUT2D eigenvalue weighted by Crippen LogP contribution is 2.57. The Labute approximate surface area is 270 Å². The monoisotopic (exact) mass is 591 g/mol. The van der Waals surface area contributed by atoms with Crippen molar-refractivity contribution in [3.05, 3.63) is 202 Å². The zero-order valence-corrected chi connectivity index (χ0v) is 25.4. The summed E-state index contributed by atoms with van der Waals surface area (Å²) in [6, 6.07) is 46.1. The molecule has 0 radical (unpaired) electrons. The van der Waals surface area contributed by atoms with E-state index < -0.39 is 5.41 Å². The predicted octanol–water partition coefficient (Wildman–Crippen LogP) is 9.06. The summed E-state index contributed by atoms with van der Waals surface area (Å²) in [7, 11) is 0. The molecule has 5 aromatic rings. The topological polar surface area (TPSA) is 27.3 Å². The van der Waals surface area contributed by atoms with E-state index in [1.165, 1.54) is 61.6 Å². The third-order valence-corrected chi connectivity index (χ3v) is 9.73. The van der Waals surface area contributed by atoms with Crippen molar-refractivity contribution in [2.75, 3.05) is 18.0 Å². The number of benzene rings is 5. The van der Waals surface area contributed by atoms with E-state index in [0.717, 1.165) is 24.5 Å². The molecule has 2 N–H and O–H groups in total. The van der Waals surface area contributed by atoms with Gasteiger partial charge in [0.25, 0.3) is 0 Å². The van der Waals surface area contributed by atoms with E-state index in [0.29, 0.717) is 0 Å². The quantitative estimate of drug-likeness (QED) is 0.218. The van der Waals surface area contributed by atoms with Crippen LogP contribution in [0.4, 0.5) is 11.4 Å². The van der Waals surface area contributed by atoms with Crippen molar-refractivity contribution in [3.63, 3.8) is 0 Å². The zero-order chi connectivity index (χ0) is 30.5. The van der Waals surface area contributed by atoms with Crippen LogP contribution in [-0.4, -0.2) is 13.1 Å². The maximum Gasteiger partial charge on any atom is 0.0728 e. The third kappa shape index (κ3) is 3.92. The number of hydrogen-bond acceptors (Lipinski definition) is 3. The van der Waals surface area contributed by atoms with Gasteiger partial charge in [-0.2, -0.15) is 0 Å². The van der Waals surface area contributed by atoms with E-state index >= 15 is 0 Å². The summed E-state index contributed by atoms with van der Waals surface area (Å²) in [6.45, 7) is 1.56. The van der Waals surface area contributed by atoms with Crippen LogP contribution in [0.5, 0.6) is 0 Å². The average Bonchev–Trinajstić information content (AvgIpc) is 3.33. The lowest BCUT2D eigenvalue weighted by atomic mass is 9.66. The molecule has 0 atom stereocenters. The van der Waals surface area contributed by atoms with Crippen LogP contribution in [0.25, 0.3) is 23.5 Å². The van der Waals surface area contributed by atoms with Crippen molar-refractivity contribution >= 4 is 34.9 Å². The lowest BCUT2D eigenvalue weighted by Crippen LogP contribution is -2.30. The standard InChI is InChI=1S/C43H33N3/c1-4-13-30(14-5-1)38-29-34(26-28-44-38)46-39-21-11-10-15-31(39)22-23-35-40(46)25-24-36-41(35)42-37(20-12-27-45-42)43(36,32-16-6-2-7-17-32)33-18-8-3-9-19-33/h1-26,29,44-45H,27-28H2. The molecule has 9 rings (SSSR count). The molecule has 3 aliphatic heterocycles. The van der Waals surface area contributed by atoms with Crippen LogP contribution < -0.4 is 15.5 Å². The minimum Gasteiger partial charge on any atom is -0.381 e. The maximum absolute atomic E-state index is 3.85. The highest BCUT2D eigenvalue weighted by atomic mass is 15.2. The van der Waals surface area contributed by atoms with Gasteiger partial charge in [0.15, 0.2) is 0 Å². The van der Waals surface area contributed by atoms with Crippen molar-refractivity contribution in [1.29, 1.82) is 0 Å². The number of para-hydroxylation sites is 1. The molecule has 0 amide bonds. The van der Waals surface area contributed by atoms with Gasteiger partial charge in [-0.25, -0.2) is 0 Å². The number of nitrogens with one attached hydrogen (secondary N) is 2. The van der Waals surface area contributed by atoms with Gasteiger partial charge in [0.05, 0.1) is 16.8 Å². The molecule has 4 aliphatic rings. The molecule has 5 aromatic carbocycles. The zero-order valence-electron chi connectivity index (χ0n) is 25.4. The number of allylic oxidation sites excluding steroid dienone is 3. The number of anilines is 2. The van der Waals surface area contributed by atoms with Gasteiger partial charge in [-0.05, 0) is 57.7 Å². The molecule has 220 valence electrons. The van der Waals surface area contributed by atoms with E-state index in [9.17, 15) is 0 Å². The van der Waals surface area contributed by atoms with Gasteiger partial charge in [0, 0.05) is 41.3 Å². The Kier molecular flexibility index (Phi) is 6.17. The Morgan fingerprint density at radius 3 is 2.04 bits per heavy atom. The van der Waals surface area contributed by atoms with E-state index in [2.05, 4.69) is 179 Å². The van der Waals surface area contributed by atoms with Crippen LogP contribution in [0.2, 0.25) is 0 Å². The molecular formula is C43H33N3. The first kappa shape index (κ1) is 26.6. The number of hydrogen-bond donors (Lipinski definition) is 2. The molecule has 1 aliphatic carbocycles. The fourth-order valence-electron chi connectivity index (χ4n) is 7.81. The molecule has 0 fully saturated rings. The first-order chi connectivity index (χ1) is 22.8. The first-order valence-corrected chi connectivity index (χ1v) is 16.1. The van der Waals surface area contributed by atoms with Crippen LogP contribution in [0.3, 0.4) is 0 Å². The van der Waals surface area contributed by atoms with Gasteiger partial charge in [-0.3, -0.25) is 0 Å². The molecule has 3 nitrogen and oxygen atoms in total. The largest absolute Gasteiger partial charge is 0.381 e. The SMILES string of the molecule is C1=CC2=C(NC1)c1c(ccc3c1C=Cc1ccccc1N3C1=CCNC(c3ccccc3)=C1)C2(c1ccccc1)c1ccccc1. The summed E-state index contributed by atoms with van der Waals surface area (Å²) in [5.74, 6) is 0. The highest BCUT2D eigenvalue weighted by molar-refractivity contribution is 6.00.